The van der Waals surface area contributed by atoms with Gasteiger partial charge in [-0.15, -0.1) is 0 Å². The Bertz CT molecular complexity index is 818. The summed E-state index contributed by atoms with van der Waals surface area (Å²) in [6, 6.07) is 5.81. The largest absolute Gasteiger partial charge is 0.352 e. The summed E-state index contributed by atoms with van der Waals surface area (Å²) in [5.74, 6) is 2.60. The lowest BCUT2D eigenvalue weighted by Gasteiger charge is -2.60. The summed E-state index contributed by atoms with van der Waals surface area (Å²) in [7, 11) is 0. The van der Waals surface area contributed by atoms with Gasteiger partial charge in [-0.2, -0.15) is 5.10 Å². The van der Waals surface area contributed by atoms with Gasteiger partial charge in [0.2, 0.25) is 5.91 Å². The van der Waals surface area contributed by atoms with Gasteiger partial charge in [0.1, 0.15) is 0 Å². The Morgan fingerprint density at radius 2 is 2.07 bits per heavy atom. The highest BCUT2D eigenvalue weighted by atomic mass is 79.9. The third kappa shape index (κ3) is 3.44. The molecule has 4 aliphatic rings. The highest BCUT2D eigenvalue weighted by Gasteiger charge is 2.57. The van der Waals surface area contributed by atoms with E-state index >= 15 is 0 Å². The first-order valence-electron chi connectivity index (χ1n) is 9.92. The number of pyridine rings is 1. The number of carbonyl (C=O) groups excluding carboxylic acids is 1. The highest BCUT2D eigenvalue weighted by Crippen LogP contribution is 2.65. The molecule has 1 amide bonds. The van der Waals surface area contributed by atoms with Crippen molar-refractivity contribution < 1.29 is 4.79 Å². The number of rotatable bonds is 5. The summed E-state index contributed by atoms with van der Waals surface area (Å²) in [5, 5.41) is 7.30. The Balaban J connectivity index is 1.19. The molecule has 4 fully saturated rings. The lowest BCUT2D eigenvalue weighted by atomic mass is 9.48. The van der Waals surface area contributed by atoms with Crippen LogP contribution >= 0.6 is 15.9 Å². The summed E-state index contributed by atoms with van der Waals surface area (Å²) >= 11 is 4.03. The summed E-state index contributed by atoms with van der Waals surface area (Å²) < 4.78 is 2.04. The third-order valence-corrected chi connectivity index (χ3v) is 7.61. The second kappa shape index (κ2) is 6.43. The Labute approximate surface area is 168 Å². The van der Waals surface area contributed by atoms with Crippen LogP contribution in [0.15, 0.2) is 36.8 Å². The van der Waals surface area contributed by atoms with Crippen LogP contribution < -0.4 is 5.32 Å². The molecule has 6 rings (SSSR count). The number of hydrogen-bond acceptors (Lipinski definition) is 3. The fourth-order valence-corrected chi connectivity index (χ4v) is 7.72. The van der Waals surface area contributed by atoms with Gasteiger partial charge in [0.25, 0.3) is 0 Å². The number of halogens is 1. The molecule has 0 radical (unpaired) electrons. The molecule has 0 spiro atoms. The van der Waals surface area contributed by atoms with Gasteiger partial charge in [-0.25, -0.2) is 9.67 Å². The summed E-state index contributed by atoms with van der Waals surface area (Å²) in [5.41, 5.74) is 1.24. The molecule has 2 aromatic heterocycles. The number of nitrogens with one attached hydrogen (secondary N) is 1. The summed E-state index contributed by atoms with van der Waals surface area (Å²) in [6.45, 7) is 0.535. The SMILES string of the molecule is O=C(CC12CC3CC(CC(Br)(C3)C1)C2)NCc1ccc(-n2cccn2)nc1. The van der Waals surface area contributed by atoms with Gasteiger partial charge in [-0.1, -0.05) is 22.0 Å². The van der Waals surface area contributed by atoms with E-state index in [0.717, 1.165) is 23.2 Å². The van der Waals surface area contributed by atoms with Crippen LogP contribution in [0.5, 0.6) is 0 Å². The molecule has 6 heteroatoms. The fraction of sp³-hybridized carbons (Fsp3) is 0.571. The molecule has 2 atom stereocenters. The van der Waals surface area contributed by atoms with Crippen molar-refractivity contribution in [1.82, 2.24) is 20.1 Å². The van der Waals surface area contributed by atoms with Crippen LogP contribution in [-0.4, -0.2) is 25.0 Å². The maximum atomic E-state index is 12.7. The summed E-state index contributed by atoms with van der Waals surface area (Å²) in [6.07, 6.45) is 13.7. The van der Waals surface area contributed by atoms with Crippen LogP contribution in [0, 0.1) is 17.3 Å². The molecule has 2 aromatic rings. The lowest BCUT2D eigenvalue weighted by molar-refractivity contribution is -0.128. The van der Waals surface area contributed by atoms with E-state index < -0.39 is 0 Å². The zero-order valence-corrected chi connectivity index (χ0v) is 17.0. The molecule has 0 aliphatic heterocycles. The van der Waals surface area contributed by atoms with Gasteiger partial charge in [-0.05, 0) is 73.5 Å². The number of carbonyl (C=O) groups is 1. The number of aromatic nitrogens is 3. The van der Waals surface area contributed by atoms with Crippen LogP contribution in [0.4, 0.5) is 0 Å². The monoisotopic (exact) mass is 428 g/mol. The molecule has 0 saturated heterocycles. The van der Waals surface area contributed by atoms with E-state index in [4.69, 9.17) is 0 Å². The van der Waals surface area contributed by atoms with Crippen LogP contribution in [0.1, 0.15) is 50.5 Å². The quantitative estimate of drug-likeness (QED) is 0.731. The Hall–Kier alpha value is -1.69. The lowest BCUT2D eigenvalue weighted by Crippen LogP contribution is -2.54. The van der Waals surface area contributed by atoms with E-state index in [1.54, 1.807) is 10.9 Å². The molecule has 0 aromatic carbocycles. The fourth-order valence-electron chi connectivity index (χ4n) is 6.21. The van der Waals surface area contributed by atoms with Gasteiger partial charge < -0.3 is 5.32 Å². The van der Waals surface area contributed by atoms with Crippen molar-refractivity contribution in [3.8, 4) is 5.82 Å². The standard InChI is InChI=1S/C21H25BrN4O/c22-21-9-16-6-17(10-21)8-20(7-16,14-21)11-19(27)24-13-15-2-3-18(23-12-15)26-5-1-4-25-26/h1-5,12,16-17H,6-11,13-14H2,(H,24,27). The molecule has 5 nitrogen and oxygen atoms in total. The maximum Gasteiger partial charge on any atom is 0.220 e. The Morgan fingerprint density at radius 3 is 2.70 bits per heavy atom. The Kier molecular flexibility index (Phi) is 4.15. The van der Waals surface area contributed by atoms with Crippen molar-refractivity contribution >= 4 is 21.8 Å². The first-order chi connectivity index (χ1) is 13.0. The van der Waals surface area contributed by atoms with Crippen molar-refractivity contribution in [3.05, 3.63) is 42.4 Å². The van der Waals surface area contributed by atoms with Crippen molar-refractivity contribution in [3.63, 3.8) is 0 Å². The van der Waals surface area contributed by atoms with Crippen molar-refractivity contribution in [2.75, 3.05) is 0 Å². The molecule has 142 valence electrons. The van der Waals surface area contributed by atoms with E-state index in [1.165, 1.54) is 38.5 Å². The topological polar surface area (TPSA) is 59.8 Å². The number of alkyl halides is 1. The molecule has 2 heterocycles. The Morgan fingerprint density at radius 1 is 1.26 bits per heavy atom. The normalized spacial score (nSPS) is 34.0. The van der Waals surface area contributed by atoms with Gasteiger partial charge >= 0.3 is 0 Å². The molecular formula is C21H25BrN4O. The zero-order valence-electron chi connectivity index (χ0n) is 15.4. The van der Waals surface area contributed by atoms with Crippen molar-refractivity contribution in [1.29, 1.82) is 0 Å². The van der Waals surface area contributed by atoms with Crippen LogP contribution in [-0.2, 0) is 11.3 Å². The molecule has 2 unspecified atom stereocenters. The van der Waals surface area contributed by atoms with Crippen LogP contribution in [0.25, 0.3) is 5.82 Å². The van der Waals surface area contributed by atoms with Crippen molar-refractivity contribution in [2.24, 2.45) is 17.3 Å². The van der Waals surface area contributed by atoms with Crippen molar-refractivity contribution in [2.45, 2.75) is 55.8 Å². The van der Waals surface area contributed by atoms with E-state index in [2.05, 4.69) is 31.3 Å². The van der Waals surface area contributed by atoms with Gasteiger partial charge in [0, 0.05) is 35.9 Å². The van der Waals surface area contributed by atoms with E-state index in [0.29, 0.717) is 17.3 Å². The predicted octanol–water partition coefficient (Wildman–Crippen LogP) is 4.01. The first-order valence-corrected chi connectivity index (χ1v) is 10.7. The highest BCUT2D eigenvalue weighted by molar-refractivity contribution is 9.10. The molecule has 1 N–H and O–H groups in total. The van der Waals surface area contributed by atoms with Gasteiger partial charge in [0.15, 0.2) is 5.82 Å². The average molecular weight is 429 g/mol. The van der Waals surface area contributed by atoms with E-state index in [1.807, 2.05) is 30.6 Å². The molecule has 4 aliphatic carbocycles. The second-order valence-electron chi connectivity index (χ2n) is 9.04. The molecular weight excluding hydrogens is 404 g/mol. The van der Waals surface area contributed by atoms with Gasteiger partial charge in [-0.3, -0.25) is 4.79 Å². The third-order valence-electron chi connectivity index (χ3n) is 6.68. The second-order valence-corrected chi connectivity index (χ2v) is 10.7. The minimum Gasteiger partial charge on any atom is -0.352 e. The van der Waals surface area contributed by atoms with Crippen LogP contribution in [0.3, 0.4) is 0 Å². The summed E-state index contributed by atoms with van der Waals surface area (Å²) in [4.78, 5) is 17.1. The van der Waals surface area contributed by atoms with E-state index in [9.17, 15) is 4.79 Å². The first kappa shape index (κ1) is 17.4. The minimum absolute atomic E-state index is 0.184. The number of nitrogens with zero attached hydrogens (tertiary/aromatic N) is 3. The number of hydrogen-bond donors (Lipinski definition) is 1. The smallest absolute Gasteiger partial charge is 0.220 e. The zero-order chi connectivity index (χ0) is 18.5. The molecule has 4 bridgehead atoms. The van der Waals surface area contributed by atoms with Crippen LogP contribution in [0.2, 0.25) is 0 Å². The minimum atomic E-state index is 0.184. The van der Waals surface area contributed by atoms with E-state index in [-0.39, 0.29) is 11.3 Å². The predicted molar refractivity (Wildman–Crippen MR) is 107 cm³/mol. The molecule has 27 heavy (non-hydrogen) atoms. The maximum absolute atomic E-state index is 12.7. The van der Waals surface area contributed by atoms with Gasteiger partial charge in [0.05, 0.1) is 0 Å². The molecule has 4 saturated carbocycles. The average Bonchev–Trinajstić information content (AvgIpc) is 3.12. The number of amides is 1.